The summed E-state index contributed by atoms with van der Waals surface area (Å²) in [6, 6.07) is 10.9. The Morgan fingerprint density at radius 2 is 1.86 bits per heavy atom. The van der Waals surface area contributed by atoms with E-state index < -0.39 is 11.7 Å². The molecule has 2 rings (SSSR count). The summed E-state index contributed by atoms with van der Waals surface area (Å²) in [6.45, 7) is -0.318. The van der Waals surface area contributed by atoms with Gasteiger partial charge in [-0.3, -0.25) is 4.79 Å². The minimum Gasteiger partial charge on any atom is -0.497 e. The van der Waals surface area contributed by atoms with Crippen molar-refractivity contribution >= 4 is 11.6 Å². The van der Waals surface area contributed by atoms with Crippen LogP contribution in [-0.4, -0.2) is 26.7 Å². The highest BCUT2D eigenvalue weighted by atomic mass is 19.1. The van der Waals surface area contributed by atoms with Crippen molar-refractivity contribution < 1.29 is 23.4 Å². The minimum absolute atomic E-state index is 0.0234. The standard InChI is InChI=1S/C16H16FNO4/c1-20-11-7-8-15(21-2)13(9-11)18-16(19)10-22-14-6-4-3-5-12(14)17/h3-9H,10H2,1-2H3,(H,18,19). The van der Waals surface area contributed by atoms with Gasteiger partial charge in [0.1, 0.15) is 11.5 Å². The van der Waals surface area contributed by atoms with E-state index in [0.717, 1.165) is 0 Å². The van der Waals surface area contributed by atoms with Crippen LogP contribution in [0.15, 0.2) is 42.5 Å². The molecule has 1 amide bonds. The van der Waals surface area contributed by atoms with Gasteiger partial charge in [-0.25, -0.2) is 4.39 Å². The van der Waals surface area contributed by atoms with Gasteiger partial charge in [-0.05, 0) is 24.3 Å². The molecule has 0 saturated carbocycles. The lowest BCUT2D eigenvalue weighted by Crippen LogP contribution is -2.20. The lowest BCUT2D eigenvalue weighted by atomic mass is 10.2. The summed E-state index contributed by atoms with van der Waals surface area (Å²) in [7, 11) is 3.02. The number of ether oxygens (including phenoxy) is 3. The summed E-state index contributed by atoms with van der Waals surface area (Å²) in [5, 5.41) is 2.63. The summed E-state index contributed by atoms with van der Waals surface area (Å²) in [6.07, 6.45) is 0. The van der Waals surface area contributed by atoms with E-state index in [2.05, 4.69) is 5.32 Å². The zero-order chi connectivity index (χ0) is 15.9. The van der Waals surface area contributed by atoms with Gasteiger partial charge >= 0.3 is 0 Å². The summed E-state index contributed by atoms with van der Waals surface area (Å²) in [5.74, 6) is 0.130. The van der Waals surface area contributed by atoms with Crippen LogP contribution in [0.3, 0.4) is 0 Å². The fraction of sp³-hybridized carbons (Fsp3) is 0.188. The zero-order valence-electron chi connectivity index (χ0n) is 12.3. The maximum atomic E-state index is 13.4. The van der Waals surface area contributed by atoms with Crippen molar-refractivity contribution in [3.63, 3.8) is 0 Å². The third-order valence-electron chi connectivity index (χ3n) is 2.88. The first-order valence-electron chi connectivity index (χ1n) is 6.53. The molecule has 0 aliphatic heterocycles. The summed E-state index contributed by atoms with van der Waals surface area (Å²) >= 11 is 0. The van der Waals surface area contributed by atoms with Gasteiger partial charge in [0, 0.05) is 6.07 Å². The van der Waals surface area contributed by atoms with Gasteiger partial charge in [-0.15, -0.1) is 0 Å². The predicted octanol–water partition coefficient (Wildman–Crippen LogP) is 2.86. The Bertz CT molecular complexity index is 660. The largest absolute Gasteiger partial charge is 0.497 e. The van der Waals surface area contributed by atoms with Crippen molar-refractivity contribution in [2.24, 2.45) is 0 Å². The van der Waals surface area contributed by atoms with E-state index in [0.29, 0.717) is 17.2 Å². The van der Waals surface area contributed by atoms with E-state index in [9.17, 15) is 9.18 Å². The SMILES string of the molecule is COc1ccc(OC)c(NC(=O)COc2ccccc2F)c1. The van der Waals surface area contributed by atoms with Gasteiger partial charge in [0.05, 0.1) is 19.9 Å². The molecule has 0 bridgehead atoms. The van der Waals surface area contributed by atoms with Crippen LogP contribution in [0.25, 0.3) is 0 Å². The minimum atomic E-state index is -0.519. The van der Waals surface area contributed by atoms with Crippen LogP contribution in [-0.2, 0) is 4.79 Å². The third kappa shape index (κ3) is 3.88. The highest BCUT2D eigenvalue weighted by Gasteiger charge is 2.11. The Labute approximate surface area is 127 Å². The van der Waals surface area contributed by atoms with Crippen molar-refractivity contribution in [1.29, 1.82) is 0 Å². The first-order chi connectivity index (χ1) is 10.6. The van der Waals surface area contributed by atoms with Crippen LogP contribution in [0.2, 0.25) is 0 Å². The Morgan fingerprint density at radius 1 is 1.09 bits per heavy atom. The number of rotatable bonds is 6. The van der Waals surface area contributed by atoms with Crippen LogP contribution in [0.4, 0.5) is 10.1 Å². The van der Waals surface area contributed by atoms with Gasteiger partial charge in [-0.1, -0.05) is 12.1 Å². The number of hydrogen-bond acceptors (Lipinski definition) is 4. The molecule has 0 aromatic heterocycles. The smallest absolute Gasteiger partial charge is 0.262 e. The monoisotopic (exact) mass is 305 g/mol. The number of benzene rings is 2. The maximum absolute atomic E-state index is 13.4. The zero-order valence-corrected chi connectivity index (χ0v) is 12.3. The van der Waals surface area contributed by atoms with Gasteiger partial charge in [0.15, 0.2) is 18.2 Å². The Balaban J connectivity index is 2.01. The highest BCUT2D eigenvalue weighted by Crippen LogP contribution is 2.28. The van der Waals surface area contributed by atoms with E-state index in [4.69, 9.17) is 14.2 Å². The van der Waals surface area contributed by atoms with Gasteiger partial charge in [-0.2, -0.15) is 0 Å². The number of anilines is 1. The molecule has 5 nitrogen and oxygen atoms in total. The van der Waals surface area contributed by atoms with Crippen molar-refractivity contribution in [3.05, 3.63) is 48.3 Å². The topological polar surface area (TPSA) is 56.8 Å². The third-order valence-corrected chi connectivity index (χ3v) is 2.88. The fourth-order valence-corrected chi connectivity index (χ4v) is 1.80. The normalized spacial score (nSPS) is 9.95. The molecule has 0 aliphatic rings. The molecule has 2 aromatic carbocycles. The van der Waals surface area contributed by atoms with E-state index in [1.54, 1.807) is 30.3 Å². The van der Waals surface area contributed by atoms with Gasteiger partial charge in [0.2, 0.25) is 0 Å². The van der Waals surface area contributed by atoms with E-state index >= 15 is 0 Å². The number of carbonyl (C=O) groups excluding carboxylic acids is 1. The highest BCUT2D eigenvalue weighted by molar-refractivity contribution is 5.93. The van der Waals surface area contributed by atoms with Crippen LogP contribution >= 0.6 is 0 Å². The number of nitrogens with one attached hydrogen (secondary N) is 1. The van der Waals surface area contributed by atoms with Crippen LogP contribution in [0.5, 0.6) is 17.2 Å². The molecule has 0 radical (unpaired) electrons. The molecule has 2 aromatic rings. The van der Waals surface area contributed by atoms with E-state index in [1.807, 2.05) is 0 Å². The second-order valence-corrected chi connectivity index (χ2v) is 4.33. The predicted molar refractivity (Wildman–Crippen MR) is 80.1 cm³/mol. The second-order valence-electron chi connectivity index (χ2n) is 4.33. The van der Waals surface area contributed by atoms with Gasteiger partial charge in [0.25, 0.3) is 5.91 Å². The quantitative estimate of drug-likeness (QED) is 0.891. The number of amides is 1. The first-order valence-corrected chi connectivity index (χ1v) is 6.53. The molecule has 0 atom stereocenters. The molecule has 0 aliphatic carbocycles. The molecule has 22 heavy (non-hydrogen) atoms. The van der Waals surface area contributed by atoms with Crippen molar-refractivity contribution in [2.75, 3.05) is 26.1 Å². The number of hydrogen-bond donors (Lipinski definition) is 1. The lowest BCUT2D eigenvalue weighted by molar-refractivity contribution is -0.118. The molecule has 0 heterocycles. The second kappa shape index (κ2) is 7.31. The van der Waals surface area contributed by atoms with Crippen LogP contribution in [0.1, 0.15) is 0 Å². The Hall–Kier alpha value is -2.76. The maximum Gasteiger partial charge on any atom is 0.262 e. The van der Waals surface area contributed by atoms with E-state index in [-0.39, 0.29) is 12.4 Å². The average molecular weight is 305 g/mol. The van der Waals surface area contributed by atoms with Crippen molar-refractivity contribution in [1.82, 2.24) is 0 Å². The first kappa shape index (κ1) is 15.6. The lowest BCUT2D eigenvalue weighted by Gasteiger charge is -2.12. The molecule has 0 saturated heterocycles. The summed E-state index contributed by atoms with van der Waals surface area (Å²) in [4.78, 5) is 11.9. The van der Waals surface area contributed by atoms with Crippen molar-refractivity contribution in [2.45, 2.75) is 0 Å². The molecular weight excluding hydrogens is 289 g/mol. The molecule has 1 N–H and O–H groups in total. The number of halogens is 1. The van der Waals surface area contributed by atoms with Crippen molar-refractivity contribution in [3.8, 4) is 17.2 Å². The van der Waals surface area contributed by atoms with E-state index in [1.165, 1.54) is 26.4 Å². The number of carbonyl (C=O) groups is 1. The molecule has 116 valence electrons. The Kier molecular flexibility index (Phi) is 5.19. The number of methoxy groups -OCH3 is 2. The molecule has 6 heteroatoms. The summed E-state index contributed by atoms with van der Waals surface area (Å²) < 4.78 is 28.8. The Morgan fingerprint density at radius 3 is 2.55 bits per heavy atom. The van der Waals surface area contributed by atoms with Crippen LogP contribution in [0, 0.1) is 5.82 Å². The molecular formula is C16H16FNO4. The van der Waals surface area contributed by atoms with Crippen LogP contribution < -0.4 is 19.5 Å². The summed E-state index contributed by atoms with van der Waals surface area (Å²) in [5.41, 5.74) is 0.448. The number of para-hydroxylation sites is 1. The van der Waals surface area contributed by atoms with Gasteiger partial charge < -0.3 is 19.5 Å². The molecule has 0 fully saturated rings. The average Bonchev–Trinajstić information content (AvgIpc) is 2.54. The molecule has 0 spiro atoms. The molecule has 0 unspecified atom stereocenters. The fourth-order valence-electron chi connectivity index (χ4n) is 1.80.